The van der Waals surface area contributed by atoms with Gasteiger partial charge in [0.1, 0.15) is 28.9 Å². The molecule has 0 radical (unpaired) electrons. The summed E-state index contributed by atoms with van der Waals surface area (Å²) in [6.07, 6.45) is 0.0909. The smallest absolute Gasteiger partial charge is 0.453 e. The Morgan fingerprint density at radius 3 is 2.33 bits per heavy atom. The van der Waals surface area contributed by atoms with E-state index in [4.69, 9.17) is 0 Å². The minimum Gasteiger partial charge on any atom is -0.453 e. The number of aryl methyl sites for hydroxylation is 1. The fourth-order valence-corrected chi connectivity index (χ4v) is 4.50. The summed E-state index contributed by atoms with van der Waals surface area (Å²) in [7, 11) is 2.94. The summed E-state index contributed by atoms with van der Waals surface area (Å²) in [6.45, 7) is 0. The highest BCUT2D eigenvalue weighted by Crippen LogP contribution is 2.32. The van der Waals surface area contributed by atoms with Crippen LogP contribution in [0.1, 0.15) is 31.7 Å². The van der Waals surface area contributed by atoms with Crippen molar-refractivity contribution in [3.05, 3.63) is 65.0 Å². The molecule has 14 heteroatoms. The number of primary amides is 1. The molecule has 0 saturated heterocycles. The zero-order valence-electron chi connectivity index (χ0n) is 21.5. The van der Waals surface area contributed by atoms with Crippen LogP contribution in [0.25, 0.3) is 22.3 Å². The number of carbonyl (C=O) groups excluding carboxylic acids is 1. The van der Waals surface area contributed by atoms with Crippen molar-refractivity contribution >= 4 is 28.8 Å². The Balaban J connectivity index is 0.000000681. The first-order valence-corrected chi connectivity index (χ1v) is 12.2. The Morgan fingerprint density at radius 1 is 1.07 bits per heavy atom. The van der Waals surface area contributed by atoms with Crippen LogP contribution in [-0.4, -0.2) is 38.7 Å². The number of ether oxygens (including phenoxy) is 2. The van der Waals surface area contributed by atoms with Gasteiger partial charge >= 0.3 is 18.1 Å². The number of alkyl halides is 3. The highest BCUT2D eigenvalue weighted by Gasteiger charge is 2.31. The number of imidazole rings is 1. The molecule has 1 amide bonds. The van der Waals surface area contributed by atoms with E-state index in [-0.39, 0.29) is 28.8 Å². The molecular weight excluding hydrogens is 536 g/mol. The molecule has 3 heterocycles. The first-order chi connectivity index (χ1) is 19.0. The Hall–Kier alpha value is -4.62. The third kappa shape index (κ3) is 6.50. The van der Waals surface area contributed by atoms with E-state index in [0.29, 0.717) is 11.3 Å². The number of aromatic nitrogens is 4. The van der Waals surface area contributed by atoms with Gasteiger partial charge in [0.25, 0.3) is 0 Å². The second-order valence-electron chi connectivity index (χ2n) is 8.96. The van der Waals surface area contributed by atoms with Crippen LogP contribution in [0.3, 0.4) is 0 Å². The molecule has 0 bridgehead atoms. The molecule has 3 N–H and O–H groups in total. The van der Waals surface area contributed by atoms with Gasteiger partial charge in [-0.1, -0.05) is 12.8 Å². The Bertz CT molecular complexity index is 1560. The van der Waals surface area contributed by atoms with Gasteiger partial charge in [-0.3, -0.25) is 9.13 Å². The predicted octanol–water partition coefficient (Wildman–Crippen LogP) is 5.40. The van der Waals surface area contributed by atoms with Crippen molar-refractivity contribution in [3.63, 3.8) is 0 Å². The molecular formula is C26H26F4N6O4. The zero-order chi connectivity index (χ0) is 29.0. The van der Waals surface area contributed by atoms with E-state index in [1.165, 1.54) is 31.4 Å². The van der Waals surface area contributed by atoms with Crippen molar-refractivity contribution in [2.24, 2.45) is 12.8 Å². The number of halogens is 4. The van der Waals surface area contributed by atoms with E-state index < -0.39 is 24.0 Å². The van der Waals surface area contributed by atoms with E-state index in [2.05, 4.69) is 30.5 Å². The van der Waals surface area contributed by atoms with Gasteiger partial charge in [-0.25, -0.2) is 23.9 Å². The lowest BCUT2D eigenvalue weighted by Crippen LogP contribution is -2.24. The van der Waals surface area contributed by atoms with Crippen molar-refractivity contribution in [2.45, 2.75) is 38.1 Å². The number of fused-ring (bicyclic) bond motifs is 1. The minimum atomic E-state index is -4.82. The number of benzene rings is 1. The Labute approximate surface area is 225 Å². The van der Waals surface area contributed by atoms with Gasteiger partial charge in [-0.2, -0.15) is 0 Å². The van der Waals surface area contributed by atoms with E-state index in [0.717, 1.165) is 43.3 Å². The molecule has 1 fully saturated rings. The number of carbonyl (C=O) groups is 1. The van der Waals surface area contributed by atoms with Gasteiger partial charge in [0, 0.05) is 24.7 Å². The minimum absolute atomic E-state index is 0.0442. The number of hydrogen-bond donors (Lipinski definition) is 2. The summed E-state index contributed by atoms with van der Waals surface area (Å²) in [5, 5.41) is 3.04. The van der Waals surface area contributed by atoms with Gasteiger partial charge < -0.3 is 20.5 Å². The van der Waals surface area contributed by atoms with Crippen molar-refractivity contribution in [2.75, 3.05) is 12.4 Å². The number of methoxy groups -OCH3 is 1. The van der Waals surface area contributed by atoms with Crippen molar-refractivity contribution in [1.29, 1.82) is 0 Å². The molecule has 0 aliphatic heterocycles. The van der Waals surface area contributed by atoms with E-state index >= 15 is 0 Å². The van der Waals surface area contributed by atoms with E-state index in [1.54, 1.807) is 23.9 Å². The average Bonchev–Trinajstić information content (AvgIpc) is 3.51. The quantitative estimate of drug-likeness (QED) is 0.312. The topological polar surface area (TPSA) is 126 Å². The maximum Gasteiger partial charge on any atom is 0.573 e. The third-order valence-electron chi connectivity index (χ3n) is 6.33. The molecule has 0 spiro atoms. The molecule has 1 aliphatic rings. The fraction of sp³-hybridized carbons (Fsp3) is 0.308. The van der Waals surface area contributed by atoms with Crippen LogP contribution in [-0.2, 0) is 11.8 Å². The maximum absolute atomic E-state index is 14.5. The summed E-state index contributed by atoms with van der Waals surface area (Å²) in [4.78, 5) is 30.9. The number of anilines is 2. The number of pyridine rings is 2. The lowest BCUT2D eigenvalue weighted by atomic mass is 10.1. The molecule has 1 aliphatic carbocycles. The molecule has 3 aromatic heterocycles. The second-order valence-corrected chi connectivity index (χ2v) is 8.96. The molecule has 5 rings (SSSR count). The maximum atomic E-state index is 14.5. The molecule has 10 nitrogen and oxygen atoms in total. The van der Waals surface area contributed by atoms with Crippen LogP contribution < -0.4 is 21.5 Å². The highest BCUT2D eigenvalue weighted by atomic mass is 19.4. The van der Waals surface area contributed by atoms with Crippen LogP contribution in [0.4, 0.5) is 34.0 Å². The number of amides is 1. The highest BCUT2D eigenvalue weighted by molar-refractivity contribution is 5.79. The van der Waals surface area contributed by atoms with E-state index in [1.807, 2.05) is 4.57 Å². The van der Waals surface area contributed by atoms with E-state index in [9.17, 15) is 27.2 Å². The molecule has 1 saturated carbocycles. The van der Waals surface area contributed by atoms with Crippen LogP contribution in [0, 0.1) is 5.82 Å². The first-order valence-electron chi connectivity index (χ1n) is 12.2. The lowest BCUT2D eigenvalue weighted by molar-refractivity contribution is -0.274. The van der Waals surface area contributed by atoms with Crippen molar-refractivity contribution in [1.82, 2.24) is 19.1 Å². The van der Waals surface area contributed by atoms with Gasteiger partial charge in [-0.05, 0) is 49.2 Å². The normalized spacial score (nSPS) is 13.6. The van der Waals surface area contributed by atoms with Gasteiger partial charge in [-0.15, -0.1) is 13.2 Å². The zero-order valence-corrected chi connectivity index (χ0v) is 21.5. The van der Waals surface area contributed by atoms with Crippen LogP contribution in [0.5, 0.6) is 5.75 Å². The van der Waals surface area contributed by atoms with Crippen molar-refractivity contribution < 1.29 is 31.8 Å². The van der Waals surface area contributed by atoms with Crippen LogP contribution in [0.2, 0.25) is 0 Å². The third-order valence-corrected chi connectivity index (χ3v) is 6.33. The molecule has 0 atom stereocenters. The van der Waals surface area contributed by atoms with Gasteiger partial charge in [0.15, 0.2) is 0 Å². The summed E-state index contributed by atoms with van der Waals surface area (Å²) < 4.78 is 62.8. The average molecular weight is 563 g/mol. The summed E-state index contributed by atoms with van der Waals surface area (Å²) >= 11 is 0. The van der Waals surface area contributed by atoms with Crippen molar-refractivity contribution in [3.8, 4) is 17.0 Å². The van der Waals surface area contributed by atoms with Crippen LogP contribution >= 0.6 is 0 Å². The molecule has 0 unspecified atom stereocenters. The molecule has 212 valence electrons. The first kappa shape index (κ1) is 28.4. The monoisotopic (exact) mass is 562 g/mol. The second kappa shape index (κ2) is 11.6. The Kier molecular flexibility index (Phi) is 8.26. The number of nitrogens with two attached hydrogens (primary N) is 1. The fourth-order valence-electron chi connectivity index (χ4n) is 4.50. The summed E-state index contributed by atoms with van der Waals surface area (Å²) in [6, 6.07) is 9.33. The lowest BCUT2D eigenvalue weighted by Gasteiger charge is -2.12. The Morgan fingerprint density at radius 2 is 1.73 bits per heavy atom. The number of hydrogen-bond acceptors (Lipinski definition) is 7. The van der Waals surface area contributed by atoms with Gasteiger partial charge in [0.2, 0.25) is 0 Å². The molecule has 4 aromatic rings. The standard InChI is InChI=1S/C24H21F4N5O2.C2H5NO2/c1-32-19-13-29-21(12-18(19)33(23(32)34)15-4-2-3-5-15)30-20-11-10-17(25)22(31-20)14-6-8-16(9-7-14)35-24(26,27)28;1-5-2(3)4/h6-13,15H,2-5H2,1H3,(H,29,30,31);1H3,(H2,3,4). The SMILES string of the molecule is COC(N)=O.Cn1c(=O)n(C2CCCC2)c2cc(Nc3ccc(F)c(-c4ccc(OC(F)(F)F)cc4)n3)ncc21. The molecule has 1 aromatic carbocycles. The molecule has 40 heavy (non-hydrogen) atoms. The number of rotatable bonds is 5. The summed E-state index contributed by atoms with van der Waals surface area (Å²) in [5.74, 6) is -0.338. The van der Waals surface area contributed by atoms with Gasteiger partial charge in [0.05, 0.1) is 24.3 Å². The van der Waals surface area contributed by atoms with Crippen LogP contribution in [0.15, 0.2) is 53.5 Å². The predicted molar refractivity (Wildman–Crippen MR) is 139 cm³/mol. The largest absolute Gasteiger partial charge is 0.573 e. The number of nitrogens with zero attached hydrogens (tertiary/aromatic N) is 4. The summed E-state index contributed by atoms with van der Waals surface area (Å²) in [5.41, 5.74) is 6.04. The number of nitrogens with one attached hydrogen (secondary N) is 1.